The summed E-state index contributed by atoms with van der Waals surface area (Å²) in [4.78, 5) is 37.1. The predicted octanol–water partition coefficient (Wildman–Crippen LogP) is 4.95. The highest BCUT2D eigenvalue weighted by Crippen LogP contribution is 2.35. The van der Waals surface area contributed by atoms with Gasteiger partial charge in [-0.05, 0) is 29.8 Å². The molecule has 5 rings (SSSR count). The minimum absolute atomic E-state index is 0.0569. The van der Waals surface area contributed by atoms with Crippen LogP contribution in [0.2, 0.25) is 5.02 Å². The maximum atomic E-state index is 13.4. The Morgan fingerprint density at radius 3 is 2.58 bits per heavy atom. The third kappa shape index (κ3) is 4.87. The van der Waals surface area contributed by atoms with E-state index in [0.717, 1.165) is 22.4 Å². The standard InChI is InChI=1S/C27H23ClN4O3S/c1-35-23-13-7-3-8-17(23)15-29-24(33)14-22-26(34)32-25(30-22)19-10-4-6-12-21(19)31-27(32)36-16-18-9-2-5-11-20(18)28/h2-13,22H,14-16H2,1H3,(H,29,33)/t22-/m0/s1. The van der Waals surface area contributed by atoms with Gasteiger partial charge in [0.05, 0.1) is 19.2 Å². The highest BCUT2D eigenvalue weighted by molar-refractivity contribution is 8.13. The quantitative estimate of drug-likeness (QED) is 0.480. The van der Waals surface area contributed by atoms with Crippen LogP contribution in [0.15, 0.2) is 82.8 Å². The first-order valence-electron chi connectivity index (χ1n) is 11.4. The van der Waals surface area contributed by atoms with Gasteiger partial charge in [0, 0.05) is 28.4 Å². The molecule has 2 aliphatic heterocycles. The molecule has 0 aliphatic carbocycles. The maximum Gasteiger partial charge on any atom is 0.259 e. The summed E-state index contributed by atoms with van der Waals surface area (Å²) in [5.41, 5.74) is 3.31. The number of ether oxygens (including phenoxy) is 1. The van der Waals surface area contributed by atoms with Crippen molar-refractivity contribution in [3.63, 3.8) is 0 Å². The third-order valence-corrected chi connectivity index (χ3v) is 7.27. The van der Waals surface area contributed by atoms with Crippen LogP contribution in [0.25, 0.3) is 0 Å². The van der Waals surface area contributed by atoms with Gasteiger partial charge in [0.15, 0.2) is 5.17 Å². The molecular formula is C27H23ClN4O3S. The van der Waals surface area contributed by atoms with E-state index in [2.05, 4.69) is 10.3 Å². The number of amides is 2. The number of halogens is 1. The van der Waals surface area contributed by atoms with Crippen molar-refractivity contribution in [2.45, 2.75) is 24.8 Å². The topological polar surface area (TPSA) is 83.4 Å². The molecule has 3 aromatic rings. The van der Waals surface area contributed by atoms with Crippen LogP contribution in [0.1, 0.15) is 23.1 Å². The Balaban J connectivity index is 1.33. The van der Waals surface area contributed by atoms with Crippen molar-refractivity contribution in [2.24, 2.45) is 9.98 Å². The molecule has 0 unspecified atom stereocenters. The number of methoxy groups -OCH3 is 1. The average molecular weight is 519 g/mol. The van der Waals surface area contributed by atoms with Gasteiger partial charge >= 0.3 is 0 Å². The van der Waals surface area contributed by atoms with Crippen molar-refractivity contribution < 1.29 is 14.3 Å². The Bertz CT molecular complexity index is 1390. The Morgan fingerprint density at radius 1 is 1.06 bits per heavy atom. The lowest BCUT2D eigenvalue weighted by atomic mass is 10.1. The van der Waals surface area contributed by atoms with Crippen LogP contribution in [0, 0.1) is 0 Å². The van der Waals surface area contributed by atoms with E-state index in [9.17, 15) is 9.59 Å². The highest BCUT2D eigenvalue weighted by Gasteiger charge is 2.42. The number of amidine groups is 2. The largest absolute Gasteiger partial charge is 0.496 e. The number of benzene rings is 3. The number of nitrogens with one attached hydrogen (secondary N) is 1. The Morgan fingerprint density at radius 2 is 1.78 bits per heavy atom. The number of hydrogen-bond donors (Lipinski definition) is 1. The number of fused-ring (bicyclic) bond motifs is 3. The molecule has 9 heteroatoms. The summed E-state index contributed by atoms with van der Waals surface area (Å²) in [5, 5.41) is 4.06. The van der Waals surface area contributed by atoms with Crippen LogP contribution >= 0.6 is 23.4 Å². The first-order valence-corrected chi connectivity index (χ1v) is 12.8. The van der Waals surface area contributed by atoms with E-state index in [0.29, 0.717) is 34.1 Å². The summed E-state index contributed by atoms with van der Waals surface area (Å²) < 4.78 is 5.34. The van der Waals surface area contributed by atoms with Crippen LogP contribution in [0.5, 0.6) is 5.75 Å². The number of hydrogen-bond acceptors (Lipinski definition) is 6. The highest BCUT2D eigenvalue weighted by atomic mass is 35.5. The molecule has 0 fully saturated rings. The lowest BCUT2D eigenvalue weighted by Gasteiger charge is -2.25. The fraction of sp³-hybridized carbons (Fsp3) is 0.185. The number of carbonyl (C=O) groups excluding carboxylic acids is 2. The molecule has 0 spiro atoms. The van der Waals surface area contributed by atoms with E-state index in [4.69, 9.17) is 21.3 Å². The Kier molecular flexibility index (Phi) is 7.06. The second kappa shape index (κ2) is 10.6. The van der Waals surface area contributed by atoms with Gasteiger partial charge in [-0.3, -0.25) is 14.6 Å². The first kappa shape index (κ1) is 24.1. The number of thioether (sulfide) groups is 1. The molecule has 3 aromatic carbocycles. The fourth-order valence-electron chi connectivity index (χ4n) is 4.08. The molecule has 1 N–H and O–H groups in total. The average Bonchev–Trinajstić information content (AvgIpc) is 3.23. The summed E-state index contributed by atoms with van der Waals surface area (Å²) in [6.07, 6.45) is -0.0569. The van der Waals surface area contributed by atoms with Crippen LogP contribution in [0.3, 0.4) is 0 Å². The summed E-state index contributed by atoms with van der Waals surface area (Å²) >= 11 is 7.74. The van der Waals surface area contributed by atoms with Crippen LogP contribution in [-0.4, -0.2) is 40.9 Å². The predicted molar refractivity (Wildman–Crippen MR) is 143 cm³/mol. The zero-order valence-corrected chi connectivity index (χ0v) is 21.1. The molecule has 0 saturated heterocycles. The second-order valence-electron chi connectivity index (χ2n) is 8.23. The molecule has 0 bridgehead atoms. The van der Waals surface area contributed by atoms with Gasteiger partial charge in [-0.1, -0.05) is 71.9 Å². The minimum Gasteiger partial charge on any atom is -0.496 e. The normalized spacial score (nSPS) is 16.1. The van der Waals surface area contributed by atoms with Crippen molar-refractivity contribution in [1.82, 2.24) is 10.2 Å². The summed E-state index contributed by atoms with van der Waals surface area (Å²) in [6.45, 7) is 0.299. The van der Waals surface area contributed by atoms with E-state index < -0.39 is 6.04 Å². The number of nitrogens with zero attached hydrogens (tertiary/aromatic N) is 3. The minimum atomic E-state index is -0.824. The van der Waals surface area contributed by atoms with Crippen LogP contribution < -0.4 is 10.1 Å². The molecular weight excluding hydrogens is 496 g/mol. The smallest absolute Gasteiger partial charge is 0.259 e. The SMILES string of the molecule is COc1ccccc1CNC(=O)C[C@@H]1N=C2c3ccccc3N=C(SCc3ccccc3Cl)N2C1=O. The number of carbonyl (C=O) groups is 2. The van der Waals surface area contributed by atoms with Gasteiger partial charge in [0.25, 0.3) is 5.91 Å². The van der Waals surface area contributed by atoms with E-state index in [1.54, 1.807) is 7.11 Å². The first-order chi connectivity index (χ1) is 17.5. The Hall–Kier alpha value is -3.62. The summed E-state index contributed by atoms with van der Waals surface area (Å²) in [7, 11) is 1.59. The molecule has 0 saturated carbocycles. The lowest BCUT2D eigenvalue weighted by Crippen LogP contribution is -2.42. The number of rotatable bonds is 7. The van der Waals surface area contributed by atoms with Crippen LogP contribution in [0.4, 0.5) is 5.69 Å². The molecule has 2 aliphatic rings. The van der Waals surface area contributed by atoms with Gasteiger partial charge < -0.3 is 10.1 Å². The van der Waals surface area contributed by atoms with E-state index >= 15 is 0 Å². The molecule has 2 heterocycles. The van der Waals surface area contributed by atoms with Gasteiger partial charge in [0.1, 0.15) is 17.6 Å². The van der Waals surface area contributed by atoms with E-state index in [1.165, 1.54) is 16.7 Å². The van der Waals surface area contributed by atoms with Gasteiger partial charge in [-0.2, -0.15) is 0 Å². The van der Waals surface area contributed by atoms with Crippen molar-refractivity contribution in [2.75, 3.05) is 7.11 Å². The Labute approximate surface area is 218 Å². The van der Waals surface area contributed by atoms with E-state index in [1.807, 2.05) is 72.8 Å². The molecule has 7 nitrogen and oxygen atoms in total. The number of aliphatic imine (C=N–C) groups is 2. The fourth-order valence-corrected chi connectivity index (χ4v) is 5.37. The van der Waals surface area contributed by atoms with E-state index in [-0.39, 0.29) is 18.2 Å². The second-order valence-corrected chi connectivity index (χ2v) is 9.58. The zero-order valence-electron chi connectivity index (χ0n) is 19.5. The number of para-hydroxylation sites is 2. The summed E-state index contributed by atoms with van der Waals surface area (Å²) in [5.74, 6) is 1.23. The van der Waals surface area contributed by atoms with Crippen molar-refractivity contribution in [1.29, 1.82) is 0 Å². The molecule has 1 atom stereocenters. The van der Waals surface area contributed by atoms with Gasteiger partial charge in [-0.25, -0.2) is 9.89 Å². The van der Waals surface area contributed by atoms with Gasteiger partial charge in [0.2, 0.25) is 5.91 Å². The molecule has 182 valence electrons. The van der Waals surface area contributed by atoms with Crippen LogP contribution in [-0.2, 0) is 21.9 Å². The van der Waals surface area contributed by atoms with Gasteiger partial charge in [-0.15, -0.1) is 0 Å². The molecule has 0 aromatic heterocycles. The monoisotopic (exact) mass is 518 g/mol. The van der Waals surface area contributed by atoms with Crippen molar-refractivity contribution in [3.8, 4) is 5.75 Å². The van der Waals surface area contributed by atoms with Crippen molar-refractivity contribution in [3.05, 3.63) is 94.5 Å². The van der Waals surface area contributed by atoms with Crippen molar-refractivity contribution >= 4 is 51.9 Å². The zero-order chi connectivity index (χ0) is 25.1. The molecule has 2 amide bonds. The molecule has 36 heavy (non-hydrogen) atoms. The lowest BCUT2D eigenvalue weighted by molar-refractivity contribution is -0.128. The summed E-state index contributed by atoms with van der Waals surface area (Å²) in [6, 6.07) is 21.8. The maximum absolute atomic E-state index is 13.4. The third-order valence-electron chi connectivity index (χ3n) is 5.91. The molecule has 0 radical (unpaired) electrons.